The van der Waals surface area contributed by atoms with Crippen molar-refractivity contribution >= 4 is 35.4 Å². The largest absolute Gasteiger partial charge is 0.351 e. The molecule has 9 nitrogen and oxygen atoms in total. The van der Waals surface area contributed by atoms with E-state index in [4.69, 9.17) is 0 Å². The lowest BCUT2D eigenvalue weighted by Gasteiger charge is -2.14. The SMILES string of the molecule is C[C@H](Nc1nc(NC2CC2)n2ncc(C=C3CC(=O)NC3=O)c2n1)C1CC1. The molecule has 0 bridgehead atoms. The normalized spacial score (nSPS) is 22.3. The van der Waals surface area contributed by atoms with Gasteiger partial charge in [-0.05, 0) is 44.6 Å². The van der Waals surface area contributed by atoms with Crippen molar-refractivity contribution in [3.8, 4) is 0 Å². The standard InChI is InChI=1S/C18H21N7O2/c1-9(10-2-3-10)20-17-23-15-12(6-11-7-14(26)22-16(11)27)8-19-25(15)18(24-17)21-13-4-5-13/h6,8-10,13H,2-5,7H2,1H3,(H,22,26,27)(H2,20,21,23,24)/t9-/m0/s1. The van der Waals surface area contributed by atoms with Crippen molar-refractivity contribution in [3.05, 3.63) is 17.3 Å². The van der Waals surface area contributed by atoms with Crippen LogP contribution in [0.5, 0.6) is 0 Å². The molecule has 9 heteroatoms. The zero-order valence-corrected chi connectivity index (χ0v) is 15.0. The van der Waals surface area contributed by atoms with Crippen molar-refractivity contribution in [1.29, 1.82) is 0 Å². The average Bonchev–Trinajstić information content (AvgIpc) is 3.53. The Bertz CT molecular complexity index is 971. The number of rotatable bonds is 6. The summed E-state index contributed by atoms with van der Waals surface area (Å²) in [5, 5.41) is 13.5. The first-order valence-electron chi connectivity index (χ1n) is 9.40. The van der Waals surface area contributed by atoms with E-state index in [0.29, 0.717) is 46.7 Å². The van der Waals surface area contributed by atoms with Crippen LogP contribution in [0.15, 0.2) is 11.8 Å². The molecule has 2 saturated carbocycles. The molecule has 3 heterocycles. The molecule has 5 rings (SSSR count). The number of anilines is 2. The second-order valence-corrected chi connectivity index (χ2v) is 7.62. The van der Waals surface area contributed by atoms with Gasteiger partial charge in [-0.2, -0.15) is 19.6 Å². The third kappa shape index (κ3) is 3.24. The molecule has 0 spiro atoms. The van der Waals surface area contributed by atoms with Gasteiger partial charge in [-0.3, -0.25) is 14.9 Å². The van der Waals surface area contributed by atoms with Crippen LogP contribution in [0.1, 0.15) is 44.6 Å². The Labute approximate surface area is 155 Å². The Hall–Kier alpha value is -2.97. The van der Waals surface area contributed by atoms with E-state index in [1.54, 1.807) is 16.8 Å². The van der Waals surface area contributed by atoms with Crippen LogP contribution in [0.4, 0.5) is 11.9 Å². The topological polar surface area (TPSA) is 113 Å². The molecule has 2 aromatic rings. The molecule has 1 aliphatic heterocycles. The highest BCUT2D eigenvalue weighted by molar-refractivity contribution is 6.15. The molecular weight excluding hydrogens is 346 g/mol. The van der Waals surface area contributed by atoms with Gasteiger partial charge < -0.3 is 10.6 Å². The predicted octanol–water partition coefficient (Wildman–Crippen LogP) is 1.34. The zero-order valence-electron chi connectivity index (χ0n) is 15.0. The number of carbonyl (C=O) groups is 2. The molecule has 0 radical (unpaired) electrons. The first kappa shape index (κ1) is 16.2. The van der Waals surface area contributed by atoms with Crippen LogP contribution in [0.25, 0.3) is 11.7 Å². The van der Waals surface area contributed by atoms with E-state index < -0.39 is 0 Å². The van der Waals surface area contributed by atoms with Gasteiger partial charge in [-0.15, -0.1) is 0 Å². The first-order chi connectivity index (χ1) is 13.1. The summed E-state index contributed by atoms with van der Waals surface area (Å²) < 4.78 is 1.66. The number of hydrogen-bond donors (Lipinski definition) is 3. The van der Waals surface area contributed by atoms with E-state index in [2.05, 4.69) is 37.9 Å². The molecule has 27 heavy (non-hydrogen) atoms. The van der Waals surface area contributed by atoms with Gasteiger partial charge in [0.2, 0.25) is 17.8 Å². The summed E-state index contributed by atoms with van der Waals surface area (Å²) in [6.45, 7) is 2.15. The van der Waals surface area contributed by atoms with Crippen LogP contribution in [0.2, 0.25) is 0 Å². The predicted molar refractivity (Wildman–Crippen MR) is 99.0 cm³/mol. The lowest BCUT2D eigenvalue weighted by atomic mass is 10.1. The fourth-order valence-corrected chi connectivity index (χ4v) is 3.29. The van der Waals surface area contributed by atoms with E-state index in [-0.39, 0.29) is 18.2 Å². The van der Waals surface area contributed by atoms with E-state index in [1.165, 1.54) is 12.8 Å². The highest BCUT2D eigenvalue weighted by Gasteiger charge is 2.29. The molecular formula is C18H21N7O2. The third-order valence-electron chi connectivity index (χ3n) is 5.22. The van der Waals surface area contributed by atoms with Crippen molar-refractivity contribution in [2.75, 3.05) is 10.6 Å². The van der Waals surface area contributed by atoms with Gasteiger partial charge in [-0.25, -0.2) is 0 Å². The van der Waals surface area contributed by atoms with Crippen molar-refractivity contribution in [3.63, 3.8) is 0 Å². The minimum atomic E-state index is -0.356. The number of hydrogen-bond acceptors (Lipinski definition) is 7. The molecule has 2 amide bonds. The van der Waals surface area contributed by atoms with Gasteiger partial charge in [0.25, 0.3) is 5.91 Å². The molecule has 3 aliphatic rings. The first-order valence-corrected chi connectivity index (χ1v) is 9.40. The Balaban J connectivity index is 1.54. The maximum absolute atomic E-state index is 11.9. The van der Waals surface area contributed by atoms with Gasteiger partial charge in [-0.1, -0.05) is 0 Å². The molecule has 3 fully saturated rings. The summed E-state index contributed by atoms with van der Waals surface area (Å²) in [6, 6.07) is 0.727. The Morgan fingerprint density at radius 1 is 1.26 bits per heavy atom. The summed E-state index contributed by atoms with van der Waals surface area (Å²) in [4.78, 5) is 32.6. The van der Waals surface area contributed by atoms with Crippen LogP contribution in [0.3, 0.4) is 0 Å². The molecule has 1 saturated heterocycles. The van der Waals surface area contributed by atoms with Crippen molar-refractivity contribution < 1.29 is 9.59 Å². The Kier molecular flexibility index (Phi) is 3.63. The second kappa shape index (κ2) is 6.04. The summed E-state index contributed by atoms with van der Waals surface area (Å²) in [5.74, 6) is 1.23. The molecule has 0 unspecified atom stereocenters. The van der Waals surface area contributed by atoms with Crippen LogP contribution in [-0.4, -0.2) is 43.5 Å². The monoisotopic (exact) mass is 367 g/mol. The maximum Gasteiger partial charge on any atom is 0.254 e. The quantitative estimate of drug-likeness (QED) is 0.521. The number of imide groups is 1. The van der Waals surface area contributed by atoms with Crippen LogP contribution in [-0.2, 0) is 9.59 Å². The van der Waals surface area contributed by atoms with E-state index in [0.717, 1.165) is 12.8 Å². The van der Waals surface area contributed by atoms with E-state index >= 15 is 0 Å². The fraction of sp³-hybridized carbons (Fsp3) is 0.500. The smallest absolute Gasteiger partial charge is 0.254 e. The average molecular weight is 367 g/mol. The van der Waals surface area contributed by atoms with Gasteiger partial charge >= 0.3 is 0 Å². The minimum absolute atomic E-state index is 0.0816. The maximum atomic E-state index is 11.9. The summed E-state index contributed by atoms with van der Waals surface area (Å²) in [7, 11) is 0. The summed E-state index contributed by atoms with van der Waals surface area (Å²) in [5.41, 5.74) is 1.72. The Morgan fingerprint density at radius 2 is 2.07 bits per heavy atom. The highest BCUT2D eigenvalue weighted by atomic mass is 16.2. The summed E-state index contributed by atoms with van der Waals surface area (Å²) >= 11 is 0. The zero-order chi connectivity index (χ0) is 18.5. The molecule has 2 aliphatic carbocycles. The van der Waals surface area contributed by atoms with Gasteiger partial charge in [0.1, 0.15) is 0 Å². The lowest BCUT2D eigenvalue weighted by molar-refractivity contribution is -0.124. The lowest BCUT2D eigenvalue weighted by Crippen LogP contribution is -2.21. The summed E-state index contributed by atoms with van der Waals surface area (Å²) in [6.07, 6.45) is 8.12. The fourth-order valence-electron chi connectivity index (χ4n) is 3.29. The van der Waals surface area contributed by atoms with Gasteiger partial charge in [0, 0.05) is 23.2 Å². The number of nitrogens with zero attached hydrogens (tertiary/aromatic N) is 4. The number of nitrogens with one attached hydrogen (secondary N) is 3. The molecule has 3 N–H and O–H groups in total. The second-order valence-electron chi connectivity index (χ2n) is 7.62. The third-order valence-corrected chi connectivity index (χ3v) is 5.22. The van der Waals surface area contributed by atoms with Crippen molar-refractivity contribution in [2.24, 2.45) is 5.92 Å². The van der Waals surface area contributed by atoms with Crippen LogP contribution < -0.4 is 16.0 Å². The van der Waals surface area contributed by atoms with Crippen molar-refractivity contribution in [2.45, 2.75) is 51.1 Å². The molecule has 2 aromatic heterocycles. The van der Waals surface area contributed by atoms with E-state index in [9.17, 15) is 9.59 Å². The van der Waals surface area contributed by atoms with Crippen LogP contribution >= 0.6 is 0 Å². The number of fused-ring (bicyclic) bond motifs is 1. The number of amides is 2. The molecule has 0 aromatic carbocycles. The van der Waals surface area contributed by atoms with Crippen LogP contribution in [0, 0.1) is 5.92 Å². The van der Waals surface area contributed by atoms with E-state index in [1.807, 2.05) is 0 Å². The number of aromatic nitrogens is 4. The highest BCUT2D eigenvalue weighted by Crippen LogP contribution is 2.34. The van der Waals surface area contributed by atoms with Gasteiger partial charge in [0.15, 0.2) is 5.65 Å². The molecule has 140 valence electrons. The minimum Gasteiger partial charge on any atom is -0.351 e. The van der Waals surface area contributed by atoms with Gasteiger partial charge in [0.05, 0.1) is 12.6 Å². The van der Waals surface area contributed by atoms with Crippen molar-refractivity contribution in [1.82, 2.24) is 24.9 Å². The molecule has 1 atom stereocenters. The Morgan fingerprint density at radius 3 is 2.74 bits per heavy atom. The number of carbonyl (C=O) groups excluding carboxylic acids is 2.